The minimum atomic E-state index is -1.54. The molecule has 1 saturated heterocycles. The topological polar surface area (TPSA) is 200 Å². The second-order valence-corrected chi connectivity index (χ2v) is 11.2. The van der Waals surface area contributed by atoms with Crippen molar-refractivity contribution >= 4 is 74.5 Å². The molecule has 3 aromatic heterocycles. The van der Waals surface area contributed by atoms with E-state index in [1.807, 2.05) is 26.7 Å². The molecular weight excluding hydrogens is 601 g/mol. The van der Waals surface area contributed by atoms with E-state index in [1.165, 1.54) is 23.1 Å². The summed E-state index contributed by atoms with van der Waals surface area (Å²) in [4.78, 5) is 59.0. The Balaban J connectivity index is 1.31. The van der Waals surface area contributed by atoms with Gasteiger partial charge in [-0.25, -0.2) is 8.96 Å². The highest BCUT2D eigenvalue weighted by Gasteiger charge is 2.53. The Bertz CT molecular complexity index is 1610. The van der Waals surface area contributed by atoms with Crippen LogP contribution in [0.5, 0.6) is 0 Å². The van der Waals surface area contributed by atoms with E-state index in [0.717, 1.165) is 27.1 Å². The zero-order valence-corrected chi connectivity index (χ0v) is 23.2. The summed E-state index contributed by atoms with van der Waals surface area (Å²) in [5.41, 5.74) is 5.12. The van der Waals surface area contributed by atoms with Crippen LogP contribution in [0.1, 0.15) is 11.6 Å². The number of halogens is 1. The molecule has 3 aromatic rings. The molecule has 0 unspecified atom stereocenters. The van der Waals surface area contributed by atoms with Crippen molar-refractivity contribution in [2.75, 3.05) is 18.3 Å². The highest BCUT2D eigenvalue weighted by Crippen LogP contribution is 2.40. The minimum absolute atomic E-state index is 0.0306. The first-order chi connectivity index (χ1) is 19.8. The third-order valence-electron chi connectivity index (χ3n) is 6.03. The molecule has 2 aliphatic rings. The van der Waals surface area contributed by atoms with Crippen LogP contribution in [0.2, 0.25) is 0 Å². The second-order valence-electron chi connectivity index (χ2n) is 8.37. The van der Waals surface area contributed by atoms with Gasteiger partial charge >= 0.3 is 0 Å². The van der Waals surface area contributed by atoms with Crippen LogP contribution in [0.25, 0.3) is 4.83 Å². The van der Waals surface area contributed by atoms with Gasteiger partial charge in [-0.3, -0.25) is 19.3 Å². The number of nitrogens with zero attached hydrogens (tertiary/aromatic N) is 6. The largest absolute Gasteiger partial charge is 0.543 e. The van der Waals surface area contributed by atoms with Crippen LogP contribution in [0.15, 0.2) is 46.4 Å². The SMILES string of the molecule is Nc1nc(/C(=N/OCF)C(=O)N[C@@H]2C(=O)N3C(C(=O)[O-])=C(C=CC[n+]4cc5sccn5c4CNC=O)CS[C@H]23)ns1. The summed E-state index contributed by atoms with van der Waals surface area (Å²) in [5, 5.41) is 21.8. The predicted octanol–water partition coefficient (Wildman–Crippen LogP) is -1.72. The number of hydrogen-bond donors (Lipinski definition) is 3. The number of thioether (sulfide) groups is 1. The Kier molecular flexibility index (Phi) is 8.26. The van der Waals surface area contributed by atoms with Gasteiger partial charge in [0.15, 0.2) is 5.13 Å². The molecule has 1 fully saturated rings. The van der Waals surface area contributed by atoms with E-state index in [0.29, 0.717) is 25.1 Å². The highest BCUT2D eigenvalue weighted by atomic mass is 32.2. The fraction of sp³-hybridized carbons (Fsp3) is 0.273. The third kappa shape index (κ3) is 5.50. The summed E-state index contributed by atoms with van der Waals surface area (Å²) < 4.78 is 20.2. The number of carbonyl (C=O) groups excluding carboxylic acids is 4. The molecule has 19 heteroatoms. The number of imidazole rings is 1. The molecule has 0 radical (unpaired) electrons. The lowest BCUT2D eigenvalue weighted by Crippen LogP contribution is -2.71. The fourth-order valence-corrected chi connectivity index (χ4v) is 6.85. The van der Waals surface area contributed by atoms with Crippen molar-refractivity contribution in [2.24, 2.45) is 5.16 Å². The number of rotatable bonds is 12. The molecule has 214 valence electrons. The summed E-state index contributed by atoms with van der Waals surface area (Å²) in [5.74, 6) is -2.33. The van der Waals surface area contributed by atoms with Crippen LogP contribution in [-0.2, 0) is 37.1 Å². The number of β-lactam (4-membered cyclic amide) rings is 1. The third-order valence-corrected chi connectivity index (χ3v) is 8.67. The smallest absolute Gasteiger partial charge is 0.282 e. The summed E-state index contributed by atoms with van der Waals surface area (Å²) in [6, 6.07) is -1.10. The van der Waals surface area contributed by atoms with Crippen molar-refractivity contribution in [2.45, 2.75) is 24.5 Å². The molecule has 5 heterocycles. The molecule has 0 bridgehead atoms. The molecule has 41 heavy (non-hydrogen) atoms. The first-order valence-corrected chi connectivity index (χ1v) is 14.4. The van der Waals surface area contributed by atoms with E-state index in [1.54, 1.807) is 12.2 Å². The highest BCUT2D eigenvalue weighted by molar-refractivity contribution is 8.00. The van der Waals surface area contributed by atoms with E-state index in [-0.39, 0.29) is 22.4 Å². The normalized spacial score (nSPS) is 18.9. The number of oxime groups is 1. The number of nitrogens with two attached hydrogens (primary N) is 1. The standard InChI is InChI=1S/C22H20FN9O6S3/c23-9-38-28-14(17-27-22(24)41-29-17)18(34)26-15-19(35)32-16(21(36)37)11(8-40-20(15)32)2-1-3-30-7-13-31(4-5-39-13)12(30)6-25-10-33/h1-2,4-5,7,10,15,20H,3,6,8-9H2,(H4-,24,25,26,27,29,33,34,36,37)/b2-1?,28-14-/t15-,20-/m1/s1. The summed E-state index contributed by atoms with van der Waals surface area (Å²) in [7, 11) is 0. The number of alkyl halides is 1. The van der Waals surface area contributed by atoms with E-state index >= 15 is 0 Å². The Hall–Kier alpha value is -4.36. The summed E-state index contributed by atoms with van der Waals surface area (Å²) >= 11 is 3.55. The average Bonchev–Trinajstić information content (AvgIpc) is 3.67. The van der Waals surface area contributed by atoms with E-state index in [4.69, 9.17) is 5.73 Å². The lowest BCUT2D eigenvalue weighted by molar-refractivity contribution is -0.693. The second kappa shape index (κ2) is 12.0. The maximum Gasteiger partial charge on any atom is 0.282 e. The number of fused-ring (bicyclic) bond motifs is 2. The monoisotopic (exact) mass is 621 g/mol. The predicted molar refractivity (Wildman–Crippen MR) is 142 cm³/mol. The van der Waals surface area contributed by atoms with Gasteiger partial charge in [0.2, 0.25) is 22.8 Å². The van der Waals surface area contributed by atoms with Crippen LogP contribution < -0.4 is 26.0 Å². The maximum absolute atomic E-state index is 13.0. The molecule has 5 rings (SSSR count). The molecule has 0 aliphatic carbocycles. The van der Waals surface area contributed by atoms with Crippen LogP contribution in [0, 0.1) is 0 Å². The van der Waals surface area contributed by atoms with Gasteiger partial charge in [-0.05, 0) is 11.6 Å². The molecule has 15 nitrogen and oxygen atoms in total. The summed E-state index contributed by atoms with van der Waals surface area (Å²) in [6.45, 7) is -0.660. The van der Waals surface area contributed by atoms with Crippen molar-refractivity contribution < 1.29 is 38.1 Å². The van der Waals surface area contributed by atoms with E-state index in [2.05, 4.69) is 30.0 Å². The van der Waals surface area contributed by atoms with Gasteiger partial charge in [-0.1, -0.05) is 22.6 Å². The molecule has 2 aliphatic heterocycles. The lowest BCUT2D eigenvalue weighted by Gasteiger charge is -2.50. The van der Waals surface area contributed by atoms with Crippen molar-refractivity contribution in [3.63, 3.8) is 0 Å². The number of nitrogens with one attached hydrogen (secondary N) is 2. The number of nitrogen functional groups attached to an aromatic ring is 1. The lowest BCUT2D eigenvalue weighted by atomic mass is 10.0. The Morgan fingerprint density at radius 1 is 1.41 bits per heavy atom. The molecule has 0 spiro atoms. The quantitative estimate of drug-likeness (QED) is 0.0687. The van der Waals surface area contributed by atoms with Gasteiger partial charge < -0.3 is 31.1 Å². The van der Waals surface area contributed by atoms with Gasteiger partial charge in [-0.2, -0.15) is 13.8 Å². The van der Waals surface area contributed by atoms with Gasteiger partial charge in [-0.15, -0.1) is 11.8 Å². The number of aromatic nitrogens is 4. The molecule has 0 aromatic carbocycles. The van der Waals surface area contributed by atoms with Crippen molar-refractivity contribution in [1.82, 2.24) is 29.3 Å². The molecule has 2 atom stereocenters. The summed E-state index contributed by atoms with van der Waals surface area (Å²) in [6.07, 6.45) is 7.76. The number of hydrogen-bond acceptors (Lipinski definition) is 13. The van der Waals surface area contributed by atoms with E-state index < -0.39 is 41.8 Å². The van der Waals surface area contributed by atoms with Gasteiger partial charge in [0.05, 0.1) is 11.7 Å². The molecule has 0 saturated carbocycles. The number of allylic oxidation sites excluding steroid dienone is 2. The zero-order valence-electron chi connectivity index (χ0n) is 20.8. The number of amides is 3. The number of carboxylic acids is 1. The van der Waals surface area contributed by atoms with Crippen LogP contribution in [0.4, 0.5) is 9.52 Å². The Morgan fingerprint density at radius 2 is 2.24 bits per heavy atom. The first-order valence-electron chi connectivity index (χ1n) is 11.7. The maximum atomic E-state index is 13.0. The van der Waals surface area contributed by atoms with Gasteiger partial charge in [0.1, 0.15) is 36.9 Å². The number of thiazole rings is 1. The van der Waals surface area contributed by atoms with Crippen LogP contribution in [0.3, 0.4) is 0 Å². The van der Waals surface area contributed by atoms with Crippen molar-refractivity contribution in [3.05, 3.63) is 52.8 Å². The van der Waals surface area contributed by atoms with Crippen LogP contribution in [-0.4, -0.2) is 72.6 Å². The first kappa shape index (κ1) is 28.2. The minimum Gasteiger partial charge on any atom is -0.543 e. The van der Waals surface area contributed by atoms with Gasteiger partial charge in [0.25, 0.3) is 24.5 Å². The number of carbonyl (C=O) groups is 4. The van der Waals surface area contributed by atoms with Crippen molar-refractivity contribution in [1.29, 1.82) is 0 Å². The molecule has 4 N–H and O–H groups in total. The number of aliphatic carboxylic acids is 1. The fourth-order valence-electron chi connectivity index (χ4n) is 4.30. The Morgan fingerprint density at radius 3 is 2.95 bits per heavy atom. The van der Waals surface area contributed by atoms with E-state index in [9.17, 15) is 28.7 Å². The Labute approximate surface area is 242 Å². The molecular formula is C22H20FN9O6S3. The number of anilines is 1. The van der Waals surface area contributed by atoms with Crippen molar-refractivity contribution in [3.8, 4) is 0 Å². The number of carboxylic acid groups (broad SMARTS) is 1. The molecule has 3 amide bonds. The van der Waals surface area contributed by atoms with Gasteiger partial charge in [0, 0.05) is 22.7 Å². The van der Waals surface area contributed by atoms with Crippen LogP contribution >= 0.6 is 34.6 Å². The average molecular weight is 622 g/mol. The zero-order chi connectivity index (χ0) is 29.1.